The Bertz CT molecular complexity index is 1390. The zero-order valence-electron chi connectivity index (χ0n) is 19.0. The molecular formula is C31H28Si. The molecule has 0 amide bonds. The molecule has 0 aromatic heterocycles. The minimum Gasteiger partial charge on any atom is -0.0656 e. The van der Waals surface area contributed by atoms with E-state index in [1.165, 1.54) is 49.3 Å². The molecule has 0 heterocycles. The van der Waals surface area contributed by atoms with Gasteiger partial charge in [-0.25, -0.2) is 0 Å². The first-order chi connectivity index (χ1) is 15.5. The lowest BCUT2D eigenvalue weighted by molar-refractivity contribution is 1.58. The van der Waals surface area contributed by atoms with E-state index in [1.807, 2.05) is 0 Å². The number of hydrogen-bond donors (Lipinski definition) is 0. The van der Waals surface area contributed by atoms with E-state index in [0.29, 0.717) is 0 Å². The van der Waals surface area contributed by atoms with Crippen LogP contribution in [-0.2, 0) is 0 Å². The molecule has 0 aliphatic rings. The molecule has 5 rings (SSSR count). The first-order valence-corrected chi connectivity index (χ1v) is 14.8. The summed E-state index contributed by atoms with van der Waals surface area (Å²) in [5.74, 6) is 0. The minimum atomic E-state index is -1.32. The molecule has 0 fully saturated rings. The molecule has 0 aliphatic heterocycles. The molecule has 5 aromatic carbocycles. The van der Waals surface area contributed by atoms with Crippen molar-refractivity contribution in [2.75, 3.05) is 0 Å². The largest absolute Gasteiger partial charge is 0.0776 e. The monoisotopic (exact) mass is 428 g/mol. The topological polar surface area (TPSA) is 0 Å². The molecule has 0 aliphatic carbocycles. The first-order valence-electron chi connectivity index (χ1n) is 11.3. The van der Waals surface area contributed by atoms with Crippen molar-refractivity contribution in [3.8, 4) is 33.4 Å². The van der Waals surface area contributed by atoms with Crippen molar-refractivity contribution < 1.29 is 0 Å². The average molecular weight is 429 g/mol. The fourth-order valence-electron chi connectivity index (χ4n) is 4.27. The predicted octanol–water partition coefficient (Wildman–Crippen LogP) is 8.39. The van der Waals surface area contributed by atoms with Crippen LogP contribution < -0.4 is 5.19 Å². The lowest BCUT2D eigenvalue weighted by atomic mass is 9.96. The summed E-state index contributed by atoms with van der Waals surface area (Å²) in [6.45, 7) is 7.20. The van der Waals surface area contributed by atoms with Gasteiger partial charge in [-0.2, -0.15) is 0 Å². The third-order valence-electron chi connectivity index (χ3n) is 6.23. The summed E-state index contributed by atoms with van der Waals surface area (Å²) < 4.78 is 0. The lowest BCUT2D eigenvalue weighted by Gasteiger charge is -2.17. The van der Waals surface area contributed by atoms with Gasteiger partial charge in [-0.3, -0.25) is 0 Å². The summed E-state index contributed by atoms with van der Waals surface area (Å²) in [7, 11) is -1.32. The molecule has 0 N–H and O–H groups in total. The Hall–Kier alpha value is -3.42. The second-order valence-electron chi connectivity index (χ2n) is 9.55. The second-order valence-corrected chi connectivity index (χ2v) is 14.6. The summed E-state index contributed by atoms with van der Waals surface area (Å²) >= 11 is 0. The fourth-order valence-corrected chi connectivity index (χ4v) is 5.45. The van der Waals surface area contributed by atoms with Crippen molar-refractivity contribution in [2.45, 2.75) is 19.6 Å². The maximum absolute atomic E-state index is 2.40. The van der Waals surface area contributed by atoms with Crippen LogP contribution in [0.2, 0.25) is 19.6 Å². The number of benzene rings is 5. The highest BCUT2D eigenvalue weighted by atomic mass is 28.3. The summed E-state index contributed by atoms with van der Waals surface area (Å²) in [6.07, 6.45) is 0. The number of fused-ring (bicyclic) bond motifs is 1. The highest BCUT2D eigenvalue weighted by Gasteiger charge is 2.16. The van der Waals surface area contributed by atoms with Gasteiger partial charge in [0.15, 0.2) is 0 Å². The van der Waals surface area contributed by atoms with Crippen LogP contribution >= 0.6 is 0 Å². The fraction of sp³-hybridized carbons (Fsp3) is 0.0968. The maximum Gasteiger partial charge on any atom is 0.0776 e. The Kier molecular flexibility index (Phi) is 5.28. The third-order valence-corrected chi connectivity index (χ3v) is 8.27. The van der Waals surface area contributed by atoms with Gasteiger partial charge in [-0.1, -0.05) is 128 Å². The molecule has 1 heteroatoms. The van der Waals surface area contributed by atoms with Crippen molar-refractivity contribution in [1.82, 2.24) is 0 Å². The SMILES string of the molecule is C[Si](C)(C)c1cccc(-c2ccc(-c3cccc(-c4ccc5ccccc5c4)c3)cc2)c1. The zero-order valence-corrected chi connectivity index (χ0v) is 20.0. The molecule has 0 radical (unpaired) electrons. The summed E-state index contributed by atoms with van der Waals surface area (Å²) in [4.78, 5) is 0. The number of rotatable bonds is 4. The van der Waals surface area contributed by atoms with E-state index in [2.05, 4.69) is 135 Å². The van der Waals surface area contributed by atoms with Crippen molar-refractivity contribution in [2.24, 2.45) is 0 Å². The Labute approximate surface area is 192 Å². The van der Waals surface area contributed by atoms with Crippen LogP contribution in [0.15, 0.2) is 115 Å². The van der Waals surface area contributed by atoms with E-state index in [4.69, 9.17) is 0 Å². The summed E-state index contributed by atoms with van der Waals surface area (Å²) in [5, 5.41) is 4.06. The van der Waals surface area contributed by atoms with Gasteiger partial charge in [0.2, 0.25) is 0 Å². The molecule has 0 atom stereocenters. The molecule has 0 nitrogen and oxygen atoms in total. The molecule has 0 spiro atoms. The van der Waals surface area contributed by atoms with E-state index in [0.717, 1.165) is 0 Å². The van der Waals surface area contributed by atoms with E-state index in [-0.39, 0.29) is 0 Å². The van der Waals surface area contributed by atoms with Crippen molar-refractivity contribution >= 4 is 24.0 Å². The first kappa shape index (κ1) is 20.5. The minimum absolute atomic E-state index is 1.25. The van der Waals surface area contributed by atoms with Crippen LogP contribution in [0.5, 0.6) is 0 Å². The third kappa shape index (κ3) is 4.17. The van der Waals surface area contributed by atoms with Crippen molar-refractivity contribution in [1.29, 1.82) is 0 Å². The van der Waals surface area contributed by atoms with Gasteiger partial charge in [0.1, 0.15) is 0 Å². The van der Waals surface area contributed by atoms with E-state index in [9.17, 15) is 0 Å². The quantitative estimate of drug-likeness (QED) is 0.252. The zero-order chi connectivity index (χ0) is 22.1. The summed E-state index contributed by atoms with van der Waals surface area (Å²) in [6, 6.07) is 42.2. The molecule has 0 saturated heterocycles. The number of hydrogen-bond acceptors (Lipinski definition) is 0. The molecule has 5 aromatic rings. The van der Waals surface area contributed by atoms with Crippen LogP contribution in [-0.4, -0.2) is 8.07 Å². The van der Waals surface area contributed by atoms with Gasteiger partial charge in [0.05, 0.1) is 8.07 Å². The molecule has 0 saturated carbocycles. The Morgan fingerprint density at radius 2 is 0.875 bits per heavy atom. The van der Waals surface area contributed by atoms with Crippen LogP contribution in [0, 0.1) is 0 Å². The Balaban J connectivity index is 1.46. The molecule has 0 unspecified atom stereocenters. The molecule has 32 heavy (non-hydrogen) atoms. The van der Waals surface area contributed by atoms with Gasteiger partial charge in [-0.15, -0.1) is 0 Å². The smallest absolute Gasteiger partial charge is 0.0656 e. The van der Waals surface area contributed by atoms with Gasteiger partial charge in [-0.05, 0) is 56.3 Å². The van der Waals surface area contributed by atoms with Crippen LogP contribution in [0.1, 0.15) is 0 Å². The van der Waals surface area contributed by atoms with Crippen molar-refractivity contribution in [3.05, 3.63) is 115 Å². The van der Waals surface area contributed by atoms with E-state index in [1.54, 1.807) is 0 Å². The van der Waals surface area contributed by atoms with Crippen LogP contribution in [0.25, 0.3) is 44.2 Å². The van der Waals surface area contributed by atoms with Crippen LogP contribution in [0.3, 0.4) is 0 Å². The Morgan fingerprint density at radius 1 is 0.375 bits per heavy atom. The molecule has 0 bridgehead atoms. The standard InChI is InChI=1S/C31H28Si/c1-32(2,3)31-13-7-12-29(22-31)25-16-14-24(15-17-25)27-10-6-11-28(20-27)30-19-18-23-8-4-5-9-26(23)21-30/h4-22H,1-3H3. The second kappa shape index (κ2) is 8.25. The van der Waals surface area contributed by atoms with Crippen LogP contribution in [0.4, 0.5) is 0 Å². The van der Waals surface area contributed by atoms with Gasteiger partial charge < -0.3 is 0 Å². The van der Waals surface area contributed by atoms with E-state index >= 15 is 0 Å². The Morgan fingerprint density at radius 3 is 1.53 bits per heavy atom. The van der Waals surface area contributed by atoms with Gasteiger partial charge >= 0.3 is 0 Å². The lowest BCUT2D eigenvalue weighted by Crippen LogP contribution is -2.37. The van der Waals surface area contributed by atoms with E-state index < -0.39 is 8.07 Å². The summed E-state index contributed by atoms with van der Waals surface area (Å²) in [5.41, 5.74) is 7.59. The predicted molar refractivity (Wildman–Crippen MR) is 143 cm³/mol. The molecular weight excluding hydrogens is 400 g/mol. The highest BCUT2D eigenvalue weighted by Crippen LogP contribution is 2.30. The molecule has 156 valence electrons. The highest BCUT2D eigenvalue weighted by molar-refractivity contribution is 6.88. The normalized spacial score (nSPS) is 11.6. The van der Waals surface area contributed by atoms with Gasteiger partial charge in [0.25, 0.3) is 0 Å². The van der Waals surface area contributed by atoms with Gasteiger partial charge in [0, 0.05) is 0 Å². The maximum atomic E-state index is 2.40. The average Bonchev–Trinajstić information content (AvgIpc) is 2.83. The van der Waals surface area contributed by atoms with Crippen molar-refractivity contribution in [3.63, 3.8) is 0 Å².